The largest absolute Gasteiger partial charge is 0.463 e. The summed E-state index contributed by atoms with van der Waals surface area (Å²) in [7, 11) is 0. The van der Waals surface area contributed by atoms with Crippen LogP contribution in [0.1, 0.15) is 50.8 Å². The van der Waals surface area contributed by atoms with Crippen LogP contribution in [0.25, 0.3) is 0 Å². The van der Waals surface area contributed by atoms with E-state index >= 15 is 0 Å². The molecule has 4 rings (SSSR count). The number of esters is 1. The van der Waals surface area contributed by atoms with E-state index in [2.05, 4.69) is 24.1 Å². The first-order chi connectivity index (χ1) is 17.8. The molecule has 0 aliphatic carbocycles. The summed E-state index contributed by atoms with van der Waals surface area (Å²) < 4.78 is 19.8. The molecular formula is C29H37FN4O3. The third kappa shape index (κ3) is 5.80. The van der Waals surface area contributed by atoms with Crippen LogP contribution in [0.4, 0.5) is 14.9 Å². The van der Waals surface area contributed by atoms with Gasteiger partial charge in [-0.25, -0.2) is 14.0 Å². The van der Waals surface area contributed by atoms with Gasteiger partial charge in [-0.3, -0.25) is 9.80 Å². The van der Waals surface area contributed by atoms with Crippen molar-refractivity contribution in [2.75, 3.05) is 50.8 Å². The van der Waals surface area contributed by atoms with Gasteiger partial charge in [0.2, 0.25) is 0 Å². The summed E-state index contributed by atoms with van der Waals surface area (Å²) in [5.74, 6) is -0.265. The molecule has 0 bridgehead atoms. The number of halogens is 1. The van der Waals surface area contributed by atoms with E-state index < -0.39 is 12.0 Å². The van der Waals surface area contributed by atoms with Crippen LogP contribution in [0, 0.1) is 5.82 Å². The Bertz CT molecular complexity index is 1140. The maximum atomic E-state index is 14.3. The highest BCUT2D eigenvalue weighted by Crippen LogP contribution is 2.33. The first kappa shape index (κ1) is 26.7. The molecule has 1 unspecified atom stereocenters. The van der Waals surface area contributed by atoms with Crippen molar-refractivity contribution in [3.05, 3.63) is 76.7 Å². The molecule has 7 nitrogen and oxygen atoms in total. The zero-order chi connectivity index (χ0) is 26.5. The van der Waals surface area contributed by atoms with Gasteiger partial charge in [0.05, 0.1) is 23.9 Å². The predicted octanol–water partition coefficient (Wildman–Crippen LogP) is 4.67. The molecule has 0 spiro atoms. The van der Waals surface area contributed by atoms with Gasteiger partial charge in [-0.1, -0.05) is 50.2 Å². The molecule has 8 heteroatoms. The van der Waals surface area contributed by atoms with E-state index in [1.165, 1.54) is 11.6 Å². The molecule has 1 fully saturated rings. The van der Waals surface area contributed by atoms with Crippen molar-refractivity contribution in [1.82, 2.24) is 15.1 Å². The molecule has 1 atom stereocenters. The van der Waals surface area contributed by atoms with Gasteiger partial charge in [0.1, 0.15) is 5.82 Å². The first-order valence-electron chi connectivity index (χ1n) is 13.1. The number of benzene rings is 2. The molecule has 37 heavy (non-hydrogen) atoms. The molecule has 1 saturated heterocycles. The van der Waals surface area contributed by atoms with Crippen LogP contribution in [-0.2, 0) is 9.53 Å². The number of para-hydroxylation sites is 1. The minimum atomic E-state index is -0.592. The average molecular weight is 509 g/mol. The van der Waals surface area contributed by atoms with Crippen molar-refractivity contribution in [3.8, 4) is 0 Å². The van der Waals surface area contributed by atoms with Gasteiger partial charge in [0.25, 0.3) is 0 Å². The monoisotopic (exact) mass is 508 g/mol. The van der Waals surface area contributed by atoms with Crippen molar-refractivity contribution >= 4 is 17.7 Å². The van der Waals surface area contributed by atoms with Gasteiger partial charge in [-0.2, -0.15) is 0 Å². The quantitative estimate of drug-likeness (QED) is 0.525. The molecule has 2 heterocycles. The number of ether oxygens (including phenoxy) is 1. The standard InChI is InChI=1S/C29H37FN4O3/c1-5-34-25(19-32-15-17-33(18-16-32)24-10-8-7-9-23(24)30)26(28(35)37-6-2)27(31-29(34)36)22-13-11-21(12-14-22)20(3)4/h7-14,20,27H,5-6,15-19H2,1-4H3,(H,31,36). The Morgan fingerprint density at radius 1 is 1.05 bits per heavy atom. The lowest BCUT2D eigenvalue weighted by Gasteiger charge is -2.41. The summed E-state index contributed by atoms with van der Waals surface area (Å²) in [4.78, 5) is 32.4. The molecule has 2 aliphatic heterocycles. The van der Waals surface area contributed by atoms with Gasteiger partial charge >= 0.3 is 12.0 Å². The number of urea groups is 1. The molecule has 1 N–H and O–H groups in total. The van der Waals surface area contributed by atoms with Crippen molar-refractivity contribution in [2.24, 2.45) is 0 Å². The van der Waals surface area contributed by atoms with Crippen molar-refractivity contribution in [2.45, 2.75) is 39.7 Å². The molecular weight excluding hydrogens is 471 g/mol. The molecule has 198 valence electrons. The highest BCUT2D eigenvalue weighted by atomic mass is 19.1. The van der Waals surface area contributed by atoms with Crippen molar-refractivity contribution < 1.29 is 18.7 Å². The molecule has 2 aromatic rings. The topological polar surface area (TPSA) is 65.1 Å². The van der Waals surface area contributed by atoms with Gasteiger partial charge in [-0.05, 0) is 43.0 Å². The molecule has 2 aromatic carbocycles. The van der Waals surface area contributed by atoms with Gasteiger partial charge in [0.15, 0.2) is 0 Å². The molecule has 0 radical (unpaired) electrons. The first-order valence-corrected chi connectivity index (χ1v) is 13.1. The van der Waals surface area contributed by atoms with E-state index in [0.29, 0.717) is 62.1 Å². The van der Waals surface area contributed by atoms with Gasteiger partial charge in [0, 0.05) is 45.0 Å². The summed E-state index contributed by atoms with van der Waals surface area (Å²) in [5, 5.41) is 3.03. The number of piperazine rings is 1. The van der Waals surface area contributed by atoms with Gasteiger partial charge < -0.3 is 15.0 Å². The van der Waals surface area contributed by atoms with E-state index in [4.69, 9.17) is 4.74 Å². The number of carbonyl (C=O) groups excluding carboxylic acids is 2. The van der Waals surface area contributed by atoms with E-state index in [1.807, 2.05) is 42.2 Å². The Balaban J connectivity index is 1.64. The van der Waals surface area contributed by atoms with E-state index in [0.717, 1.165) is 5.56 Å². The van der Waals surface area contributed by atoms with Crippen LogP contribution < -0.4 is 10.2 Å². The number of likely N-dealkylation sites (N-methyl/N-ethyl adjacent to an activating group) is 1. The van der Waals surface area contributed by atoms with Crippen LogP contribution >= 0.6 is 0 Å². The number of anilines is 1. The van der Waals surface area contributed by atoms with E-state index in [1.54, 1.807) is 24.0 Å². The smallest absolute Gasteiger partial charge is 0.338 e. The number of carbonyl (C=O) groups is 2. The molecule has 2 amide bonds. The Kier molecular flexibility index (Phi) is 8.48. The highest BCUT2D eigenvalue weighted by molar-refractivity contribution is 5.95. The fourth-order valence-electron chi connectivity index (χ4n) is 5.05. The molecule has 2 aliphatic rings. The maximum absolute atomic E-state index is 14.3. The van der Waals surface area contributed by atoms with Crippen molar-refractivity contribution in [1.29, 1.82) is 0 Å². The Morgan fingerprint density at radius 3 is 2.32 bits per heavy atom. The lowest BCUT2D eigenvalue weighted by molar-refractivity contribution is -0.139. The van der Waals surface area contributed by atoms with Crippen LogP contribution in [-0.4, -0.2) is 67.7 Å². The summed E-state index contributed by atoms with van der Waals surface area (Å²) in [6, 6.07) is 14.0. The zero-order valence-electron chi connectivity index (χ0n) is 22.2. The second-order valence-corrected chi connectivity index (χ2v) is 9.74. The SMILES string of the molecule is CCOC(=O)C1=C(CN2CCN(c3ccccc3F)CC2)N(CC)C(=O)NC1c1ccc(C(C)C)cc1. The Hall–Kier alpha value is -3.39. The predicted molar refractivity (Wildman–Crippen MR) is 143 cm³/mol. The summed E-state index contributed by atoms with van der Waals surface area (Å²) in [6.07, 6.45) is 0. The number of nitrogens with zero attached hydrogens (tertiary/aromatic N) is 3. The normalized spacial score (nSPS) is 18.9. The minimum Gasteiger partial charge on any atom is -0.463 e. The van der Waals surface area contributed by atoms with Crippen molar-refractivity contribution in [3.63, 3.8) is 0 Å². The lowest BCUT2D eigenvalue weighted by Crippen LogP contribution is -2.53. The lowest BCUT2D eigenvalue weighted by atomic mass is 9.92. The van der Waals surface area contributed by atoms with Crippen LogP contribution in [0.3, 0.4) is 0 Å². The number of nitrogens with one attached hydrogen (secondary N) is 1. The number of rotatable bonds is 8. The Labute approximate surface area is 218 Å². The highest BCUT2D eigenvalue weighted by Gasteiger charge is 2.38. The molecule has 0 aromatic heterocycles. The van der Waals surface area contributed by atoms with Crippen LogP contribution in [0.2, 0.25) is 0 Å². The number of hydrogen-bond acceptors (Lipinski definition) is 5. The van der Waals surface area contributed by atoms with Crippen LogP contribution in [0.5, 0.6) is 0 Å². The second-order valence-electron chi connectivity index (χ2n) is 9.74. The minimum absolute atomic E-state index is 0.226. The summed E-state index contributed by atoms with van der Waals surface area (Å²) in [6.45, 7) is 11.7. The maximum Gasteiger partial charge on any atom is 0.338 e. The third-order valence-electron chi connectivity index (χ3n) is 7.13. The summed E-state index contributed by atoms with van der Waals surface area (Å²) >= 11 is 0. The van der Waals surface area contributed by atoms with Crippen LogP contribution in [0.15, 0.2) is 59.8 Å². The number of amides is 2. The van der Waals surface area contributed by atoms with E-state index in [9.17, 15) is 14.0 Å². The van der Waals surface area contributed by atoms with E-state index in [-0.39, 0.29) is 18.5 Å². The Morgan fingerprint density at radius 2 is 1.73 bits per heavy atom. The van der Waals surface area contributed by atoms with Gasteiger partial charge in [-0.15, -0.1) is 0 Å². The zero-order valence-corrected chi connectivity index (χ0v) is 22.2. The number of hydrogen-bond donors (Lipinski definition) is 1. The fraction of sp³-hybridized carbons (Fsp3) is 0.448. The average Bonchev–Trinajstić information content (AvgIpc) is 2.89. The second kappa shape index (κ2) is 11.8. The fourth-order valence-corrected chi connectivity index (χ4v) is 5.05. The third-order valence-corrected chi connectivity index (χ3v) is 7.13. The molecule has 0 saturated carbocycles. The summed E-state index contributed by atoms with van der Waals surface area (Å²) in [5.41, 5.74) is 3.78.